The first-order valence-corrected chi connectivity index (χ1v) is 9.84. The van der Waals surface area contributed by atoms with E-state index in [1.807, 2.05) is 48.6 Å². The Morgan fingerprint density at radius 2 is 1.53 bits per heavy atom. The molecule has 0 saturated heterocycles. The third-order valence-electron chi connectivity index (χ3n) is 4.47. The summed E-state index contributed by atoms with van der Waals surface area (Å²) in [4.78, 5) is 0.679. The van der Waals surface area contributed by atoms with Gasteiger partial charge in [-0.05, 0) is 30.4 Å². The van der Waals surface area contributed by atoms with Gasteiger partial charge in [0.1, 0.15) is 10.8 Å². The Labute approximate surface area is 177 Å². The first kappa shape index (κ1) is 19.7. The highest BCUT2D eigenvalue weighted by Gasteiger charge is 2.19. The summed E-state index contributed by atoms with van der Waals surface area (Å²) >= 11 is 1.44. The van der Waals surface area contributed by atoms with Crippen molar-refractivity contribution in [3.8, 4) is 34.4 Å². The van der Waals surface area contributed by atoms with Crippen LogP contribution in [0.1, 0.15) is 10.6 Å². The fraction of sp³-hybridized carbons (Fsp3) is 0.190. The van der Waals surface area contributed by atoms with Gasteiger partial charge in [0.25, 0.3) is 0 Å². The minimum absolute atomic E-state index is 0.517. The molecule has 0 fully saturated rings. The molecule has 30 heavy (non-hydrogen) atoms. The fourth-order valence-electron chi connectivity index (χ4n) is 3.05. The summed E-state index contributed by atoms with van der Waals surface area (Å²) in [6, 6.07) is 11.4. The molecule has 0 radical (unpaired) electrons. The van der Waals surface area contributed by atoms with Gasteiger partial charge in [-0.15, -0.1) is 10.2 Å². The molecule has 0 atom stereocenters. The van der Waals surface area contributed by atoms with Crippen molar-refractivity contribution in [3.63, 3.8) is 0 Å². The maximum absolute atomic E-state index is 5.44. The largest absolute Gasteiger partial charge is 0.496 e. The zero-order valence-electron chi connectivity index (χ0n) is 16.9. The van der Waals surface area contributed by atoms with E-state index in [1.54, 1.807) is 33.0 Å². The third-order valence-corrected chi connectivity index (χ3v) is 5.34. The van der Waals surface area contributed by atoms with Crippen LogP contribution < -0.4 is 18.9 Å². The number of para-hydroxylation sites is 1. The maximum atomic E-state index is 5.44. The van der Waals surface area contributed by atoms with Crippen LogP contribution in [-0.2, 0) is 0 Å². The van der Waals surface area contributed by atoms with E-state index in [1.165, 1.54) is 11.3 Å². The summed E-state index contributed by atoms with van der Waals surface area (Å²) in [5, 5.41) is 14.0. The molecule has 0 bridgehead atoms. The van der Waals surface area contributed by atoms with E-state index in [2.05, 4.69) is 15.3 Å². The summed E-state index contributed by atoms with van der Waals surface area (Å²) in [5.74, 6) is 2.97. The van der Waals surface area contributed by atoms with Crippen molar-refractivity contribution in [2.45, 2.75) is 0 Å². The van der Waals surface area contributed by atoms with E-state index < -0.39 is 0 Å². The SMILES string of the molecule is COc1ccccc1C=Cc1nn2c(-c3cc(OC)c(OC)c(OC)c3)nnc2s1. The van der Waals surface area contributed by atoms with Gasteiger partial charge in [0.15, 0.2) is 17.3 Å². The molecule has 0 aliphatic carbocycles. The van der Waals surface area contributed by atoms with E-state index in [4.69, 9.17) is 18.9 Å². The van der Waals surface area contributed by atoms with Gasteiger partial charge in [-0.25, -0.2) is 0 Å². The Balaban J connectivity index is 1.73. The predicted molar refractivity (Wildman–Crippen MR) is 116 cm³/mol. The lowest BCUT2D eigenvalue weighted by molar-refractivity contribution is 0.324. The Morgan fingerprint density at radius 3 is 2.20 bits per heavy atom. The molecule has 0 amide bonds. The van der Waals surface area contributed by atoms with Crippen LogP contribution in [0, 0.1) is 0 Å². The topological polar surface area (TPSA) is 80.0 Å². The van der Waals surface area contributed by atoms with Gasteiger partial charge in [0, 0.05) is 11.1 Å². The van der Waals surface area contributed by atoms with Crippen molar-refractivity contribution in [3.05, 3.63) is 47.0 Å². The number of hydrogen-bond donors (Lipinski definition) is 0. The van der Waals surface area contributed by atoms with Crippen LogP contribution in [0.15, 0.2) is 36.4 Å². The van der Waals surface area contributed by atoms with Crippen molar-refractivity contribution in [1.82, 2.24) is 19.8 Å². The van der Waals surface area contributed by atoms with Crippen LogP contribution in [0.4, 0.5) is 0 Å². The lowest BCUT2D eigenvalue weighted by atomic mass is 10.1. The Bertz CT molecular complexity index is 1190. The molecule has 2 aromatic heterocycles. The smallest absolute Gasteiger partial charge is 0.235 e. The first-order valence-electron chi connectivity index (χ1n) is 9.02. The molecule has 0 N–H and O–H groups in total. The fourth-order valence-corrected chi connectivity index (χ4v) is 3.80. The van der Waals surface area contributed by atoms with Gasteiger partial charge < -0.3 is 18.9 Å². The predicted octanol–water partition coefficient (Wildman–Crippen LogP) is 4.06. The number of aromatic nitrogens is 4. The van der Waals surface area contributed by atoms with E-state index in [0.717, 1.165) is 21.9 Å². The highest BCUT2D eigenvalue weighted by molar-refractivity contribution is 7.17. The molecule has 9 heteroatoms. The Hall–Kier alpha value is -3.59. The molecule has 154 valence electrons. The number of nitrogens with zero attached hydrogens (tertiary/aromatic N) is 4. The number of fused-ring (bicyclic) bond motifs is 1. The van der Waals surface area contributed by atoms with Crippen molar-refractivity contribution in [1.29, 1.82) is 0 Å². The lowest BCUT2D eigenvalue weighted by Gasteiger charge is -2.13. The maximum Gasteiger partial charge on any atom is 0.235 e. The zero-order valence-corrected chi connectivity index (χ0v) is 17.8. The summed E-state index contributed by atoms with van der Waals surface area (Å²) in [5.41, 5.74) is 1.72. The first-order chi connectivity index (χ1) is 14.7. The molecular weight excluding hydrogens is 404 g/mol. The van der Waals surface area contributed by atoms with Crippen LogP contribution in [0.25, 0.3) is 28.5 Å². The minimum Gasteiger partial charge on any atom is -0.496 e. The average Bonchev–Trinajstić information content (AvgIpc) is 3.37. The van der Waals surface area contributed by atoms with Crippen LogP contribution in [0.5, 0.6) is 23.0 Å². The lowest BCUT2D eigenvalue weighted by Crippen LogP contribution is -1.97. The average molecular weight is 424 g/mol. The summed E-state index contributed by atoms with van der Waals surface area (Å²) in [6.07, 6.45) is 3.89. The number of methoxy groups -OCH3 is 4. The molecule has 0 aliphatic rings. The molecule has 8 nitrogen and oxygen atoms in total. The van der Waals surface area contributed by atoms with Crippen molar-refractivity contribution < 1.29 is 18.9 Å². The highest BCUT2D eigenvalue weighted by atomic mass is 32.1. The molecule has 0 aliphatic heterocycles. The molecule has 0 unspecified atom stereocenters. The molecule has 2 aromatic carbocycles. The second-order valence-corrected chi connectivity index (χ2v) is 7.14. The summed E-state index contributed by atoms with van der Waals surface area (Å²) in [7, 11) is 6.36. The Kier molecular flexibility index (Phi) is 5.53. The van der Waals surface area contributed by atoms with E-state index in [9.17, 15) is 0 Å². The second kappa shape index (κ2) is 8.42. The molecule has 4 aromatic rings. The number of hydrogen-bond acceptors (Lipinski definition) is 8. The number of benzene rings is 2. The van der Waals surface area contributed by atoms with Gasteiger partial charge in [-0.2, -0.15) is 9.61 Å². The monoisotopic (exact) mass is 424 g/mol. The van der Waals surface area contributed by atoms with Crippen LogP contribution in [-0.4, -0.2) is 48.3 Å². The summed E-state index contributed by atoms with van der Waals surface area (Å²) < 4.78 is 23.4. The van der Waals surface area contributed by atoms with Crippen LogP contribution >= 0.6 is 11.3 Å². The summed E-state index contributed by atoms with van der Waals surface area (Å²) in [6.45, 7) is 0. The van der Waals surface area contributed by atoms with Gasteiger partial charge in [0.2, 0.25) is 10.7 Å². The standard InChI is InChI=1S/C21H20N4O4S/c1-26-15-8-6-5-7-13(15)9-10-18-24-25-20(22-23-21(25)30-18)14-11-16(27-2)19(29-4)17(12-14)28-3/h5-12H,1-4H3. The molecule has 0 spiro atoms. The molecule has 2 heterocycles. The van der Waals surface area contributed by atoms with Crippen molar-refractivity contribution in [2.24, 2.45) is 0 Å². The van der Waals surface area contributed by atoms with Gasteiger partial charge in [0.05, 0.1) is 28.4 Å². The quantitative estimate of drug-likeness (QED) is 0.443. The van der Waals surface area contributed by atoms with Crippen LogP contribution in [0.3, 0.4) is 0 Å². The Morgan fingerprint density at radius 1 is 0.833 bits per heavy atom. The van der Waals surface area contributed by atoms with Gasteiger partial charge in [-0.1, -0.05) is 29.5 Å². The zero-order chi connectivity index (χ0) is 21.1. The van der Waals surface area contributed by atoms with Crippen molar-refractivity contribution in [2.75, 3.05) is 28.4 Å². The van der Waals surface area contributed by atoms with Gasteiger partial charge >= 0.3 is 0 Å². The van der Waals surface area contributed by atoms with E-state index in [0.29, 0.717) is 28.0 Å². The minimum atomic E-state index is 0.517. The second-order valence-electron chi connectivity index (χ2n) is 6.15. The molecular formula is C21H20N4O4S. The third kappa shape index (κ3) is 3.55. The van der Waals surface area contributed by atoms with Crippen LogP contribution in [0.2, 0.25) is 0 Å². The molecule has 0 saturated carbocycles. The van der Waals surface area contributed by atoms with Crippen molar-refractivity contribution >= 4 is 28.4 Å². The number of rotatable bonds is 7. The number of ether oxygens (including phenoxy) is 4. The molecule has 4 rings (SSSR count). The van der Waals surface area contributed by atoms with Gasteiger partial charge in [-0.3, -0.25) is 0 Å². The highest BCUT2D eigenvalue weighted by Crippen LogP contribution is 2.41. The normalized spacial score (nSPS) is 11.2. The van der Waals surface area contributed by atoms with E-state index in [-0.39, 0.29) is 0 Å². The van der Waals surface area contributed by atoms with E-state index >= 15 is 0 Å².